The summed E-state index contributed by atoms with van der Waals surface area (Å²) in [5, 5.41) is 0. The molecule has 0 aromatic heterocycles. The van der Waals surface area contributed by atoms with Gasteiger partial charge in [-0.15, -0.1) is 0 Å². The molecule has 0 fully saturated rings. The van der Waals surface area contributed by atoms with Crippen molar-refractivity contribution in [3.8, 4) is 0 Å². The van der Waals surface area contributed by atoms with Crippen LogP contribution in [-0.2, 0) is 0 Å². The Morgan fingerprint density at radius 1 is 2.00 bits per heavy atom. The minimum atomic E-state index is 1.24. The average Bonchev–Trinajstić information content (AvgIpc) is 1.37. The summed E-state index contributed by atoms with van der Waals surface area (Å²) in [7, 11) is 1.86. The predicted octanol–water partition coefficient (Wildman–Crippen LogP) is 0.823. The van der Waals surface area contributed by atoms with Gasteiger partial charge in [0.25, 0.3) is 0 Å². The molecule has 0 N–H and O–H groups in total. The van der Waals surface area contributed by atoms with Gasteiger partial charge >= 0.3 is 39.1 Å². The van der Waals surface area contributed by atoms with Crippen molar-refractivity contribution in [2.45, 2.75) is 6.92 Å². The zero-order chi connectivity index (χ0) is 3.41. The zero-order valence-corrected chi connectivity index (χ0v) is 3.93. The Balaban J connectivity index is 1.97. The molecule has 0 heterocycles. The molecule has 0 saturated heterocycles. The van der Waals surface area contributed by atoms with Crippen LogP contribution in [0.4, 0.5) is 0 Å². The third-order valence-electron chi connectivity index (χ3n) is 0.289. The van der Waals surface area contributed by atoms with E-state index in [1.807, 2.05) is 9.86 Å². The second-order valence-corrected chi connectivity index (χ2v) is 1.73. The van der Waals surface area contributed by atoms with Crippen LogP contribution < -0.4 is 0 Å². The molecule has 0 unspecified atom stereocenters. The standard InChI is InChI=1S/C2H6S.Li/c1-2-3;/h3H,2H2,1H3;/q;+1/p-1. The number of rotatable bonds is 1. The van der Waals surface area contributed by atoms with Gasteiger partial charge < -0.3 is 0 Å². The molecule has 0 amide bonds. The van der Waals surface area contributed by atoms with Gasteiger partial charge in [-0.05, 0) is 0 Å². The van der Waals surface area contributed by atoms with Crippen molar-refractivity contribution in [3.63, 3.8) is 0 Å². The van der Waals surface area contributed by atoms with Crippen molar-refractivity contribution in [3.05, 3.63) is 0 Å². The third-order valence-corrected chi connectivity index (χ3v) is 0.866. The van der Waals surface area contributed by atoms with Crippen LogP contribution in [0.5, 0.6) is 0 Å². The SMILES string of the molecule is [Li][S]CC. The summed E-state index contributed by atoms with van der Waals surface area (Å²) in [6.45, 7) is 2.14. The average molecular weight is 68.1 g/mol. The Labute approximate surface area is 39.5 Å². The molecule has 0 atom stereocenters. The van der Waals surface area contributed by atoms with Gasteiger partial charge in [0.05, 0.1) is 0 Å². The minimum absolute atomic E-state index is 1.24. The molecule has 0 aliphatic heterocycles. The first kappa shape index (κ1) is 4.95. The van der Waals surface area contributed by atoms with Crippen LogP contribution in [0.1, 0.15) is 6.92 Å². The Bertz CT molecular complexity index is 8.00. The Morgan fingerprint density at radius 2 is 2.25 bits per heavy atom. The van der Waals surface area contributed by atoms with Crippen LogP contribution in [-0.4, -0.2) is 22.3 Å². The van der Waals surface area contributed by atoms with Crippen molar-refractivity contribution < 1.29 is 0 Å². The van der Waals surface area contributed by atoms with Crippen molar-refractivity contribution in [1.29, 1.82) is 0 Å². The fraction of sp³-hybridized carbons (Fsp3) is 1.00. The molecule has 4 heavy (non-hydrogen) atoms. The monoisotopic (exact) mass is 68.0 g/mol. The van der Waals surface area contributed by atoms with Gasteiger partial charge in [0, 0.05) is 0 Å². The fourth-order valence-corrected chi connectivity index (χ4v) is 0. The topological polar surface area (TPSA) is 0 Å². The van der Waals surface area contributed by atoms with E-state index in [2.05, 4.69) is 23.4 Å². The second-order valence-electron chi connectivity index (χ2n) is 0.577. The summed E-state index contributed by atoms with van der Waals surface area (Å²) < 4.78 is 0. The van der Waals surface area contributed by atoms with Gasteiger partial charge in [0.1, 0.15) is 0 Å². The van der Waals surface area contributed by atoms with E-state index in [1.54, 1.807) is 0 Å². The Morgan fingerprint density at radius 3 is 2.25 bits per heavy atom. The van der Waals surface area contributed by atoms with Gasteiger partial charge in [-0.25, -0.2) is 0 Å². The van der Waals surface area contributed by atoms with Gasteiger partial charge in [-0.2, -0.15) is 0 Å². The number of hydrogen-bond donors (Lipinski definition) is 0. The van der Waals surface area contributed by atoms with E-state index in [0.717, 1.165) is 0 Å². The van der Waals surface area contributed by atoms with E-state index in [0.29, 0.717) is 0 Å². The third kappa shape index (κ3) is 2.95. The van der Waals surface area contributed by atoms with Gasteiger partial charge in [0.15, 0.2) is 0 Å². The zero-order valence-electron chi connectivity index (χ0n) is 3.12. The molecule has 0 bridgehead atoms. The van der Waals surface area contributed by atoms with Crippen LogP contribution in [0, 0.1) is 0 Å². The maximum atomic E-state index is 2.14. The molecule has 0 aromatic rings. The fourth-order valence-electron chi connectivity index (χ4n) is 0. The molecule has 0 aromatic carbocycles. The Hall–Kier alpha value is 0.947. The molecule has 2 heteroatoms. The van der Waals surface area contributed by atoms with Crippen molar-refractivity contribution >= 4 is 26.4 Å². The summed E-state index contributed by atoms with van der Waals surface area (Å²) in [6.07, 6.45) is 0. The summed E-state index contributed by atoms with van der Waals surface area (Å²) >= 11 is 2.10. The van der Waals surface area contributed by atoms with Crippen LogP contribution in [0.25, 0.3) is 0 Å². The van der Waals surface area contributed by atoms with Crippen LogP contribution in [0.15, 0.2) is 0 Å². The molecule has 0 rings (SSSR count). The quantitative estimate of drug-likeness (QED) is 0.410. The molecule has 0 nitrogen and oxygen atoms in total. The van der Waals surface area contributed by atoms with E-state index in [4.69, 9.17) is 0 Å². The summed E-state index contributed by atoms with van der Waals surface area (Å²) in [5.41, 5.74) is 0. The maximum absolute atomic E-state index is 2.14. The summed E-state index contributed by atoms with van der Waals surface area (Å²) in [5.74, 6) is 1.24. The normalized spacial score (nSPS) is 7.75. The van der Waals surface area contributed by atoms with E-state index in [9.17, 15) is 0 Å². The first-order valence-electron chi connectivity index (χ1n) is 1.40. The predicted molar refractivity (Wildman–Crippen MR) is 23.9 cm³/mol. The summed E-state index contributed by atoms with van der Waals surface area (Å²) in [4.78, 5) is 0. The van der Waals surface area contributed by atoms with Crippen LogP contribution >= 0.6 is 9.86 Å². The van der Waals surface area contributed by atoms with Crippen LogP contribution in [0.2, 0.25) is 0 Å². The van der Waals surface area contributed by atoms with Crippen molar-refractivity contribution in [2.24, 2.45) is 0 Å². The first-order chi connectivity index (χ1) is 1.91. The molecule has 20 valence electrons. The van der Waals surface area contributed by atoms with E-state index < -0.39 is 0 Å². The van der Waals surface area contributed by atoms with Gasteiger partial charge in [0.2, 0.25) is 0 Å². The first-order valence-corrected chi connectivity index (χ1v) is 2.80. The van der Waals surface area contributed by atoms with Crippen molar-refractivity contribution in [2.75, 3.05) is 5.75 Å². The van der Waals surface area contributed by atoms with Crippen molar-refractivity contribution in [1.82, 2.24) is 0 Å². The molecule has 0 aliphatic rings. The molecule has 0 aliphatic carbocycles. The second kappa shape index (κ2) is 3.95. The molecule has 0 spiro atoms. The van der Waals surface area contributed by atoms with Gasteiger partial charge in [-0.1, -0.05) is 0 Å². The summed E-state index contributed by atoms with van der Waals surface area (Å²) in [6, 6.07) is 0. The van der Waals surface area contributed by atoms with E-state index in [-0.39, 0.29) is 0 Å². The molecule has 0 saturated carbocycles. The van der Waals surface area contributed by atoms with E-state index in [1.165, 1.54) is 5.75 Å². The van der Waals surface area contributed by atoms with Gasteiger partial charge in [-0.3, -0.25) is 0 Å². The molecule has 0 radical (unpaired) electrons. The Kier molecular flexibility index (Phi) is 4.88. The van der Waals surface area contributed by atoms with E-state index >= 15 is 0 Å². The van der Waals surface area contributed by atoms with Crippen LogP contribution in [0.3, 0.4) is 0 Å². The number of hydrogen-bond acceptors (Lipinski definition) is 1. The molecular formula is C2H5LiS. The molecular weight excluding hydrogens is 63.0 g/mol.